The molecule has 1 atom stereocenters. The number of allylic oxidation sites excluding steroid dienone is 1. The Morgan fingerprint density at radius 1 is 1.23 bits per heavy atom. The second kappa shape index (κ2) is 9.49. The fourth-order valence-electron chi connectivity index (χ4n) is 2.97. The number of benzene rings is 1. The summed E-state index contributed by atoms with van der Waals surface area (Å²) in [5, 5.41) is 14.5. The van der Waals surface area contributed by atoms with Crippen LogP contribution in [0.4, 0.5) is 4.79 Å². The minimum atomic E-state index is -0.967. The number of ether oxygens (including phenoxy) is 3. The van der Waals surface area contributed by atoms with E-state index in [9.17, 15) is 10.1 Å². The van der Waals surface area contributed by atoms with Crippen LogP contribution in [0.3, 0.4) is 0 Å². The van der Waals surface area contributed by atoms with E-state index in [1.54, 1.807) is 11.6 Å². The molecule has 0 fully saturated rings. The first kappa shape index (κ1) is 23.0. The van der Waals surface area contributed by atoms with Gasteiger partial charge in [-0.05, 0) is 36.5 Å². The quantitative estimate of drug-likeness (QED) is 0.286. The highest BCUT2D eigenvalue weighted by atomic mass is 16.8. The van der Waals surface area contributed by atoms with Gasteiger partial charge in [0.15, 0.2) is 5.76 Å². The first-order valence-corrected chi connectivity index (χ1v) is 9.82. The van der Waals surface area contributed by atoms with Gasteiger partial charge in [-0.15, -0.1) is 0 Å². The van der Waals surface area contributed by atoms with Crippen LogP contribution in [0.2, 0.25) is 0 Å². The minimum Gasteiger partial charge on any atom is -0.451 e. The standard InChI is InChI=1S/C23H29N3O4/c1-8-26-20(13-15(2)25-26)21(29-16(3)30-22(27)28-7)19(14-24)17-9-11-18(12-10-17)23(4,5)6/h9-13,16H,8H2,1-7H3/b21-19-. The Bertz CT molecular complexity index is 960. The Morgan fingerprint density at radius 2 is 1.87 bits per heavy atom. The van der Waals surface area contributed by atoms with Crippen LogP contribution < -0.4 is 0 Å². The largest absolute Gasteiger partial charge is 0.511 e. The lowest BCUT2D eigenvalue weighted by atomic mass is 9.86. The third kappa shape index (κ3) is 5.41. The lowest BCUT2D eigenvalue weighted by Crippen LogP contribution is -2.19. The van der Waals surface area contributed by atoms with Gasteiger partial charge < -0.3 is 14.2 Å². The summed E-state index contributed by atoms with van der Waals surface area (Å²) in [6, 6.07) is 11.9. The van der Waals surface area contributed by atoms with Crippen LogP contribution in [0.1, 0.15) is 57.1 Å². The summed E-state index contributed by atoms with van der Waals surface area (Å²) in [4.78, 5) is 11.5. The van der Waals surface area contributed by atoms with Gasteiger partial charge >= 0.3 is 6.16 Å². The van der Waals surface area contributed by atoms with Gasteiger partial charge in [0, 0.05) is 13.5 Å². The predicted molar refractivity (Wildman–Crippen MR) is 114 cm³/mol. The zero-order chi connectivity index (χ0) is 22.5. The molecule has 0 bridgehead atoms. The maximum Gasteiger partial charge on any atom is 0.511 e. The zero-order valence-corrected chi connectivity index (χ0v) is 18.6. The van der Waals surface area contributed by atoms with E-state index in [2.05, 4.69) is 36.7 Å². The molecule has 0 aliphatic heterocycles. The number of carbonyl (C=O) groups excluding carboxylic acids is 1. The maximum atomic E-state index is 11.5. The highest BCUT2D eigenvalue weighted by Crippen LogP contribution is 2.31. The Labute approximate surface area is 177 Å². The van der Waals surface area contributed by atoms with Gasteiger partial charge in [-0.2, -0.15) is 10.4 Å². The van der Waals surface area contributed by atoms with Gasteiger partial charge in [0.1, 0.15) is 17.3 Å². The smallest absolute Gasteiger partial charge is 0.451 e. The number of aromatic nitrogens is 2. The topological polar surface area (TPSA) is 86.4 Å². The molecule has 2 rings (SSSR count). The van der Waals surface area contributed by atoms with Crippen molar-refractivity contribution < 1.29 is 19.0 Å². The van der Waals surface area contributed by atoms with Crippen LogP contribution >= 0.6 is 0 Å². The van der Waals surface area contributed by atoms with Crippen LogP contribution in [0, 0.1) is 18.3 Å². The molecule has 30 heavy (non-hydrogen) atoms. The summed E-state index contributed by atoms with van der Waals surface area (Å²) >= 11 is 0. The molecular weight excluding hydrogens is 382 g/mol. The Morgan fingerprint density at radius 3 is 2.37 bits per heavy atom. The first-order chi connectivity index (χ1) is 14.1. The third-order valence-electron chi connectivity index (χ3n) is 4.53. The molecule has 0 saturated heterocycles. The van der Waals surface area contributed by atoms with Gasteiger partial charge in [0.2, 0.25) is 6.29 Å². The van der Waals surface area contributed by atoms with Crippen LogP contribution in [0.25, 0.3) is 11.3 Å². The summed E-state index contributed by atoms with van der Waals surface area (Å²) in [6.07, 6.45) is -1.83. The van der Waals surface area contributed by atoms with E-state index in [0.717, 1.165) is 11.3 Å². The number of hydrogen-bond donors (Lipinski definition) is 0. The summed E-state index contributed by atoms with van der Waals surface area (Å²) in [7, 11) is 1.22. The average Bonchev–Trinajstić information content (AvgIpc) is 3.07. The summed E-state index contributed by atoms with van der Waals surface area (Å²) in [6.45, 7) is 12.4. The van der Waals surface area contributed by atoms with E-state index < -0.39 is 12.4 Å². The maximum absolute atomic E-state index is 11.5. The monoisotopic (exact) mass is 411 g/mol. The van der Waals surface area contributed by atoms with Crippen molar-refractivity contribution in [1.82, 2.24) is 9.78 Å². The van der Waals surface area contributed by atoms with Gasteiger partial charge in [0.05, 0.1) is 12.8 Å². The summed E-state index contributed by atoms with van der Waals surface area (Å²) in [5.74, 6) is 0.292. The summed E-state index contributed by atoms with van der Waals surface area (Å²) < 4.78 is 17.3. The van der Waals surface area contributed by atoms with Gasteiger partial charge in [-0.25, -0.2) is 4.79 Å². The van der Waals surface area contributed by atoms with Crippen molar-refractivity contribution in [3.63, 3.8) is 0 Å². The molecule has 1 unspecified atom stereocenters. The molecule has 0 amide bonds. The van der Waals surface area contributed by atoms with E-state index in [1.165, 1.54) is 7.11 Å². The third-order valence-corrected chi connectivity index (χ3v) is 4.53. The normalized spacial score (nSPS) is 13.1. The molecule has 0 spiro atoms. The van der Waals surface area contributed by atoms with Crippen LogP contribution in [-0.2, 0) is 26.2 Å². The molecule has 2 aromatic rings. The van der Waals surface area contributed by atoms with Gasteiger partial charge in [0.25, 0.3) is 0 Å². The Kier molecular flexibility index (Phi) is 7.28. The van der Waals surface area contributed by atoms with Crippen molar-refractivity contribution in [3.8, 4) is 6.07 Å². The van der Waals surface area contributed by atoms with Crippen LogP contribution in [-0.4, -0.2) is 29.3 Å². The van der Waals surface area contributed by atoms with Crippen molar-refractivity contribution in [2.24, 2.45) is 0 Å². The van der Waals surface area contributed by atoms with Crippen LogP contribution in [0.5, 0.6) is 0 Å². The van der Waals surface area contributed by atoms with E-state index in [4.69, 9.17) is 9.47 Å². The molecule has 7 nitrogen and oxygen atoms in total. The average molecular weight is 412 g/mol. The predicted octanol–water partition coefficient (Wildman–Crippen LogP) is 5.05. The fraction of sp³-hybridized carbons (Fsp3) is 0.435. The molecular formula is C23H29N3O4. The molecule has 0 radical (unpaired) electrons. The number of nitriles is 1. The highest BCUT2D eigenvalue weighted by molar-refractivity contribution is 5.94. The molecule has 0 N–H and O–H groups in total. The highest BCUT2D eigenvalue weighted by Gasteiger charge is 2.23. The number of aryl methyl sites for hydroxylation is 2. The molecule has 1 heterocycles. The van der Waals surface area contributed by atoms with Gasteiger partial charge in [-0.1, -0.05) is 45.0 Å². The second-order valence-corrected chi connectivity index (χ2v) is 7.89. The number of nitrogens with zero attached hydrogens (tertiary/aromatic N) is 3. The number of methoxy groups -OCH3 is 1. The molecule has 1 aromatic heterocycles. The molecule has 1 aromatic carbocycles. The SMILES string of the molecule is CCn1nc(C)cc1/C(OC(C)OC(=O)OC)=C(\C#N)c1ccc(C(C)(C)C)cc1. The first-order valence-electron chi connectivity index (χ1n) is 9.82. The van der Waals surface area contributed by atoms with Crippen molar-refractivity contribution in [2.75, 3.05) is 7.11 Å². The van der Waals surface area contributed by atoms with E-state index >= 15 is 0 Å². The number of hydrogen-bond acceptors (Lipinski definition) is 6. The van der Waals surface area contributed by atoms with Crippen molar-refractivity contribution >= 4 is 17.5 Å². The lowest BCUT2D eigenvalue weighted by Gasteiger charge is -2.20. The minimum absolute atomic E-state index is 0.00477. The Hall–Kier alpha value is -3.27. The Balaban J connectivity index is 2.60. The zero-order valence-electron chi connectivity index (χ0n) is 18.6. The van der Waals surface area contributed by atoms with E-state index in [0.29, 0.717) is 29.1 Å². The lowest BCUT2D eigenvalue weighted by molar-refractivity contribution is -0.0619. The van der Waals surface area contributed by atoms with Gasteiger partial charge in [-0.3, -0.25) is 4.68 Å². The van der Waals surface area contributed by atoms with Crippen molar-refractivity contribution in [2.45, 2.75) is 59.8 Å². The molecule has 7 heteroatoms. The van der Waals surface area contributed by atoms with Crippen molar-refractivity contribution in [1.29, 1.82) is 5.26 Å². The van der Waals surface area contributed by atoms with E-state index in [-0.39, 0.29) is 5.41 Å². The number of carbonyl (C=O) groups is 1. The fourth-order valence-corrected chi connectivity index (χ4v) is 2.97. The molecule has 160 valence electrons. The molecule has 0 aliphatic carbocycles. The van der Waals surface area contributed by atoms with Crippen LogP contribution in [0.15, 0.2) is 30.3 Å². The molecule has 0 saturated carbocycles. The van der Waals surface area contributed by atoms with E-state index in [1.807, 2.05) is 44.2 Å². The molecule has 0 aliphatic rings. The van der Waals surface area contributed by atoms with Crippen molar-refractivity contribution in [3.05, 3.63) is 52.8 Å². The second-order valence-electron chi connectivity index (χ2n) is 7.89. The summed E-state index contributed by atoms with van der Waals surface area (Å²) in [5.41, 5.74) is 3.59. The number of rotatable bonds is 6.